The minimum atomic E-state index is 0.625. The summed E-state index contributed by atoms with van der Waals surface area (Å²) in [6.07, 6.45) is 1.57. The van der Waals surface area contributed by atoms with E-state index in [0.717, 1.165) is 23.0 Å². The summed E-state index contributed by atoms with van der Waals surface area (Å²) in [5.74, 6) is 6.24. The van der Waals surface area contributed by atoms with Gasteiger partial charge < -0.3 is 4.74 Å². The minimum absolute atomic E-state index is 0.625. The molecule has 0 N–H and O–H groups in total. The molecule has 2 aromatic carbocycles. The van der Waals surface area contributed by atoms with Crippen LogP contribution in [0.3, 0.4) is 0 Å². The van der Waals surface area contributed by atoms with Crippen molar-refractivity contribution in [2.45, 2.75) is 6.42 Å². The minimum Gasteiger partial charge on any atom is -0.384 e. The summed E-state index contributed by atoms with van der Waals surface area (Å²) in [6, 6.07) is 15.4. The Labute approximate surface area is 119 Å². The molecule has 2 heteroatoms. The van der Waals surface area contributed by atoms with Crippen LogP contribution in [-0.2, 0) is 4.74 Å². The molecular weight excluding hydrogens is 248 g/mol. The van der Waals surface area contributed by atoms with Crippen molar-refractivity contribution >= 4 is 6.29 Å². The fourth-order valence-electron chi connectivity index (χ4n) is 1.98. The molecule has 0 bridgehead atoms. The van der Waals surface area contributed by atoms with Crippen LogP contribution in [0.15, 0.2) is 48.5 Å². The highest BCUT2D eigenvalue weighted by molar-refractivity contribution is 5.89. The van der Waals surface area contributed by atoms with Crippen LogP contribution in [0.1, 0.15) is 22.3 Å². The number of carbonyl (C=O) groups is 1. The van der Waals surface area contributed by atoms with E-state index in [1.54, 1.807) is 7.11 Å². The van der Waals surface area contributed by atoms with Gasteiger partial charge in [-0.1, -0.05) is 54.3 Å². The van der Waals surface area contributed by atoms with Gasteiger partial charge in [-0.25, -0.2) is 0 Å². The van der Waals surface area contributed by atoms with Gasteiger partial charge in [0.25, 0.3) is 0 Å². The molecule has 0 saturated heterocycles. The Morgan fingerprint density at radius 2 is 1.75 bits per heavy atom. The van der Waals surface area contributed by atoms with Gasteiger partial charge in [0, 0.05) is 24.7 Å². The molecule has 0 unspecified atom stereocenters. The SMILES string of the molecule is COCCC#Cc1ccccc1-c1ccccc1C=O. The largest absolute Gasteiger partial charge is 0.384 e. The lowest BCUT2D eigenvalue weighted by atomic mass is 9.96. The van der Waals surface area contributed by atoms with E-state index in [4.69, 9.17) is 4.74 Å². The Morgan fingerprint density at radius 3 is 2.50 bits per heavy atom. The molecule has 0 heterocycles. The zero-order valence-electron chi connectivity index (χ0n) is 11.4. The lowest BCUT2D eigenvalue weighted by Crippen LogP contribution is -1.90. The van der Waals surface area contributed by atoms with Crippen LogP contribution >= 0.6 is 0 Å². The highest BCUT2D eigenvalue weighted by atomic mass is 16.5. The molecule has 0 aliphatic heterocycles. The summed E-state index contributed by atoms with van der Waals surface area (Å²) < 4.78 is 4.98. The van der Waals surface area contributed by atoms with Crippen LogP contribution in [0.25, 0.3) is 11.1 Å². The monoisotopic (exact) mass is 264 g/mol. The zero-order chi connectivity index (χ0) is 14.2. The van der Waals surface area contributed by atoms with Crippen molar-refractivity contribution in [2.75, 3.05) is 13.7 Å². The molecule has 0 fully saturated rings. The summed E-state index contributed by atoms with van der Waals surface area (Å²) in [7, 11) is 1.66. The molecule has 0 aromatic heterocycles. The molecule has 100 valence electrons. The normalized spacial score (nSPS) is 9.65. The summed E-state index contributed by atoms with van der Waals surface area (Å²) in [5, 5.41) is 0. The Hall–Kier alpha value is -2.37. The molecule has 2 nitrogen and oxygen atoms in total. The van der Waals surface area contributed by atoms with Gasteiger partial charge in [-0.05, 0) is 17.2 Å². The van der Waals surface area contributed by atoms with Crippen LogP contribution in [0.4, 0.5) is 0 Å². The number of aldehydes is 1. The number of ether oxygens (including phenoxy) is 1. The van der Waals surface area contributed by atoms with Crippen molar-refractivity contribution in [1.29, 1.82) is 0 Å². The highest BCUT2D eigenvalue weighted by Crippen LogP contribution is 2.25. The first-order chi connectivity index (χ1) is 9.86. The maximum atomic E-state index is 11.2. The topological polar surface area (TPSA) is 26.3 Å². The van der Waals surface area contributed by atoms with Crippen LogP contribution in [0, 0.1) is 11.8 Å². The van der Waals surface area contributed by atoms with E-state index in [0.29, 0.717) is 18.6 Å². The quantitative estimate of drug-likeness (QED) is 0.479. The van der Waals surface area contributed by atoms with E-state index in [9.17, 15) is 4.79 Å². The zero-order valence-corrected chi connectivity index (χ0v) is 11.4. The van der Waals surface area contributed by atoms with Gasteiger partial charge in [0.1, 0.15) is 0 Å². The first-order valence-corrected chi connectivity index (χ1v) is 6.48. The van der Waals surface area contributed by atoms with E-state index in [-0.39, 0.29) is 0 Å². The van der Waals surface area contributed by atoms with Crippen LogP contribution < -0.4 is 0 Å². The summed E-state index contributed by atoms with van der Waals surface area (Å²) >= 11 is 0. The number of hydrogen-bond donors (Lipinski definition) is 0. The number of benzene rings is 2. The second-order valence-electron chi connectivity index (χ2n) is 4.30. The van der Waals surface area contributed by atoms with Crippen LogP contribution in [0.5, 0.6) is 0 Å². The fourth-order valence-corrected chi connectivity index (χ4v) is 1.98. The average molecular weight is 264 g/mol. The maximum absolute atomic E-state index is 11.2. The van der Waals surface area contributed by atoms with E-state index < -0.39 is 0 Å². The lowest BCUT2D eigenvalue weighted by molar-refractivity contribution is 0.112. The van der Waals surface area contributed by atoms with Crippen molar-refractivity contribution < 1.29 is 9.53 Å². The second kappa shape index (κ2) is 7.28. The summed E-state index contributed by atoms with van der Waals surface area (Å²) in [5.41, 5.74) is 3.51. The molecule has 0 aliphatic rings. The molecule has 2 aromatic rings. The molecule has 20 heavy (non-hydrogen) atoms. The van der Waals surface area contributed by atoms with Crippen molar-refractivity contribution in [3.8, 4) is 23.0 Å². The van der Waals surface area contributed by atoms with Gasteiger partial charge in [-0.15, -0.1) is 0 Å². The number of methoxy groups -OCH3 is 1. The van der Waals surface area contributed by atoms with E-state index in [2.05, 4.69) is 11.8 Å². The molecule has 0 amide bonds. The van der Waals surface area contributed by atoms with Gasteiger partial charge in [0.2, 0.25) is 0 Å². The van der Waals surface area contributed by atoms with Gasteiger partial charge in [0.15, 0.2) is 6.29 Å². The first-order valence-electron chi connectivity index (χ1n) is 6.48. The van der Waals surface area contributed by atoms with E-state index in [1.165, 1.54) is 0 Å². The number of carbonyl (C=O) groups excluding carboxylic acids is 1. The highest BCUT2D eigenvalue weighted by Gasteiger charge is 2.06. The maximum Gasteiger partial charge on any atom is 0.150 e. The molecule has 0 spiro atoms. The second-order valence-corrected chi connectivity index (χ2v) is 4.30. The summed E-state index contributed by atoms with van der Waals surface area (Å²) in [6.45, 7) is 0.625. The molecule has 0 aliphatic carbocycles. The summed E-state index contributed by atoms with van der Waals surface area (Å²) in [4.78, 5) is 11.2. The van der Waals surface area contributed by atoms with E-state index in [1.807, 2.05) is 48.5 Å². The molecular formula is C18H16O2. The van der Waals surface area contributed by atoms with Crippen molar-refractivity contribution in [3.63, 3.8) is 0 Å². The number of hydrogen-bond acceptors (Lipinski definition) is 2. The smallest absolute Gasteiger partial charge is 0.150 e. The number of rotatable bonds is 4. The molecule has 2 rings (SSSR count). The van der Waals surface area contributed by atoms with Gasteiger partial charge in [-0.2, -0.15) is 0 Å². The van der Waals surface area contributed by atoms with Gasteiger partial charge in [-0.3, -0.25) is 4.79 Å². The first kappa shape index (κ1) is 14.0. The predicted molar refractivity (Wildman–Crippen MR) is 80.6 cm³/mol. The molecule has 0 saturated carbocycles. The Morgan fingerprint density at radius 1 is 1.05 bits per heavy atom. The van der Waals surface area contributed by atoms with Crippen molar-refractivity contribution in [1.82, 2.24) is 0 Å². The fraction of sp³-hybridized carbons (Fsp3) is 0.167. The van der Waals surface area contributed by atoms with Gasteiger partial charge >= 0.3 is 0 Å². The molecule has 0 atom stereocenters. The van der Waals surface area contributed by atoms with Crippen molar-refractivity contribution in [3.05, 3.63) is 59.7 Å². The van der Waals surface area contributed by atoms with E-state index >= 15 is 0 Å². The van der Waals surface area contributed by atoms with Crippen LogP contribution in [0.2, 0.25) is 0 Å². The van der Waals surface area contributed by atoms with Gasteiger partial charge in [0.05, 0.1) is 6.61 Å². The molecule has 0 radical (unpaired) electrons. The third kappa shape index (κ3) is 3.34. The lowest BCUT2D eigenvalue weighted by Gasteiger charge is -2.07. The standard InChI is InChI=1S/C18H16O2/c1-20-13-7-6-9-15-8-2-4-11-17(15)18-12-5-3-10-16(18)14-19/h2-5,8,10-12,14H,7,13H2,1H3. The third-order valence-electron chi connectivity index (χ3n) is 2.96. The Balaban J connectivity index is 2.41. The van der Waals surface area contributed by atoms with Crippen LogP contribution in [-0.4, -0.2) is 20.0 Å². The average Bonchev–Trinajstić information content (AvgIpc) is 2.52. The Bertz CT molecular complexity index is 648. The predicted octanol–water partition coefficient (Wildman–Crippen LogP) is 3.55. The van der Waals surface area contributed by atoms with Crippen molar-refractivity contribution in [2.24, 2.45) is 0 Å². The Kier molecular flexibility index (Phi) is 5.11. The third-order valence-corrected chi connectivity index (χ3v) is 2.96.